The summed E-state index contributed by atoms with van der Waals surface area (Å²) in [5.41, 5.74) is 0.635. The first-order valence-electron chi connectivity index (χ1n) is 11.0. The van der Waals surface area contributed by atoms with Gasteiger partial charge in [0.1, 0.15) is 5.69 Å². The Morgan fingerprint density at radius 2 is 1.62 bits per heavy atom. The summed E-state index contributed by atoms with van der Waals surface area (Å²) < 4.78 is 37.4. The molecular formula is C26H22BrN3O6S. The van der Waals surface area contributed by atoms with E-state index in [2.05, 4.69) is 20.7 Å². The van der Waals surface area contributed by atoms with Crippen molar-refractivity contribution in [3.05, 3.63) is 111 Å². The number of esters is 1. The molecule has 190 valence electrons. The molecule has 4 rings (SSSR count). The first kappa shape index (κ1) is 26.1. The van der Waals surface area contributed by atoms with Gasteiger partial charge in [-0.15, -0.1) is 0 Å². The Balaban J connectivity index is 1.54. The van der Waals surface area contributed by atoms with Crippen LogP contribution in [0.25, 0.3) is 5.69 Å². The summed E-state index contributed by atoms with van der Waals surface area (Å²) >= 11 is 3.28. The molecule has 1 aromatic heterocycles. The third-order valence-electron chi connectivity index (χ3n) is 5.67. The minimum absolute atomic E-state index is 0.0574. The number of para-hydroxylation sites is 1. The lowest BCUT2D eigenvalue weighted by atomic mass is 10.1. The van der Waals surface area contributed by atoms with Gasteiger partial charge in [-0.05, 0) is 49.4 Å². The zero-order chi connectivity index (χ0) is 26.7. The molecule has 0 unspecified atom stereocenters. The molecule has 1 heterocycles. The molecule has 1 N–H and O–H groups in total. The van der Waals surface area contributed by atoms with E-state index in [4.69, 9.17) is 4.74 Å². The number of carbonyl (C=O) groups is 2. The van der Waals surface area contributed by atoms with Gasteiger partial charge in [0.15, 0.2) is 12.4 Å². The maximum absolute atomic E-state index is 13.1. The van der Waals surface area contributed by atoms with Gasteiger partial charge in [0.25, 0.3) is 15.6 Å². The van der Waals surface area contributed by atoms with Crippen LogP contribution >= 0.6 is 15.9 Å². The van der Waals surface area contributed by atoms with Gasteiger partial charge in [0.05, 0.1) is 21.8 Å². The summed E-state index contributed by atoms with van der Waals surface area (Å²) in [5, 5.41) is 0. The zero-order valence-corrected chi connectivity index (χ0v) is 22.2. The predicted octanol–water partition coefficient (Wildman–Crippen LogP) is 4.09. The van der Waals surface area contributed by atoms with Crippen LogP contribution in [0.2, 0.25) is 0 Å². The van der Waals surface area contributed by atoms with Crippen molar-refractivity contribution in [2.75, 3.05) is 11.3 Å². The number of nitrogens with one attached hydrogen (secondary N) is 1. The fourth-order valence-electron chi connectivity index (χ4n) is 3.60. The Hall–Kier alpha value is -3.96. The molecule has 0 saturated carbocycles. The van der Waals surface area contributed by atoms with E-state index < -0.39 is 33.9 Å². The molecule has 3 aromatic carbocycles. The number of Topliss-reactive ketones (excluding diaryl/α,β-unsaturated/α-hetero) is 1. The van der Waals surface area contributed by atoms with Crippen molar-refractivity contribution < 1.29 is 22.7 Å². The summed E-state index contributed by atoms with van der Waals surface area (Å²) in [6.45, 7) is 1.12. The Morgan fingerprint density at radius 1 is 0.946 bits per heavy atom. The van der Waals surface area contributed by atoms with E-state index in [1.807, 2.05) is 6.07 Å². The third-order valence-corrected chi connectivity index (χ3v) is 7.55. The second kappa shape index (κ2) is 10.6. The summed E-state index contributed by atoms with van der Waals surface area (Å²) in [5.74, 6) is -1.26. The second-order valence-electron chi connectivity index (χ2n) is 8.08. The molecule has 0 aliphatic rings. The van der Waals surface area contributed by atoms with E-state index in [-0.39, 0.29) is 16.1 Å². The molecule has 0 amide bonds. The summed E-state index contributed by atoms with van der Waals surface area (Å²) in [4.78, 5) is 37.7. The number of ketones is 1. The standard InChI is InChI=1S/C26H22BrN3O6S/c1-17-24(25(32)30(29(17)2)21-8-4-3-5-9-21)28-37(34,35)22-10-6-7-19(15-22)26(33)36-16-23(31)18-11-13-20(27)14-12-18/h3-15,28H,16H2,1-2H3. The van der Waals surface area contributed by atoms with Crippen molar-refractivity contribution in [3.63, 3.8) is 0 Å². The van der Waals surface area contributed by atoms with Crippen LogP contribution in [-0.4, -0.2) is 36.1 Å². The molecule has 0 aliphatic heterocycles. The largest absolute Gasteiger partial charge is 0.454 e. The summed E-state index contributed by atoms with van der Waals surface area (Å²) in [7, 11) is -2.59. The number of ether oxygens (including phenoxy) is 1. The first-order chi connectivity index (χ1) is 17.6. The fraction of sp³-hybridized carbons (Fsp3) is 0.115. The molecule has 0 bridgehead atoms. The van der Waals surface area contributed by atoms with Gasteiger partial charge in [0.2, 0.25) is 0 Å². The average molecular weight is 584 g/mol. The molecule has 0 saturated heterocycles. The van der Waals surface area contributed by atoms with Crippen LogP contribution in [0.1, 0.15) is 26.4 Å². The minimum Gasteiger partial charge on any atom is -0.454 e. The van der Waals surface area contributed by atoms with Crippen LogP contribution in [0.15, 0.2) is 93.0 Å². The van der Waals surface area contributed by atoms with Crippen molar-refractivity contribution in [3.8, 4) is 5.69 Å². The van der Waals surface area contributed by atoms with Crippen LogP contribution in [0.3, 0.4) is 0 Å². The van der Waals surface area contributed by atoms with Crippen molar-refractivity contribution in [1.82, 2.24) is 9.36 Å². The Bertz CT molecular complexity index is 1640. The second-order valence-corrected chi connectivity index (χ2v) is 10.7. The van der Waals surface area contributed by atoms with Gasteiger partial charge in [-0.3, -0.25) is 19.0 Å². The lowest BCUT2D eigenvalue weighted by Gasteiger charge is -2.09. The van der Waals surface area contributed by atoms with Gasteiger partial charge < -0.3 is 4.74 Å². The van der Waals surface area contributed by atoms with Gasteiger partial charge in [-0.2, -0.15) is 0 Å². The maximum atomic E-state index is 13.1. The number of sulfonamides is 1. The number of carbonyl (C=O) groups excluding carboxylic acids is 2. The number of halogens is 1. The highest BCUT2D eigenvalue weighted by atomic mass is 79.9. The Kier molecular flexibility index (Phi) is 7.46. The monoisotopic (exact) mass is 583 g/mol. The molecule has 0 fully saturated rings. The Morgan fingerprint density at radius 3 is 2.30 bits per heavy atom. The van der Waals surface area contributed by atoms with E-state index in [0.717, 1.165) is 10.5 Å². The zero-order valence-electron chi connectivity index (χ0n) is 19.8. The first-order valence-corrected chi connectivity index (χ1v) is 13.3. The maximum Gasteiger partial charge on any atom is 0.338 e. The van der Waals surface area contributed by atoms with Gasteiger partial charge in [0, 0.05) is 17.1 Å². The van der Waals surface area contributed by atoms with E-state index in [9.17, 15) is 22.8 Å². The molecule has 0 atom stereocenters. The minimum atomic E-state index is -4.23. The number of nitrogens with zero attached hydrogens (tertiary/aromatic N) is 2. The van der Waals surface area contributed by atoms with E-state index >= 15 is 0 Å². The number of benzene rings is 3. The third kappa shape index (κ3) is 5.57. The van der Waals surface area contributed by atoms with Gasteiger partial charge in [-0.1, -0.05) is 52.3 Å². The predicted molar refractivity (Wildman–Crippen MR) is 142 cm³/mol. The normalized spacial score (nSPS) is 11.2. The lowest BCUT2D eigenvalue weighted by Crippen LogP contribution is -2.23. The molecule has 0 spiro atoms. The van der Waals surface area contributed by atoms with Crippen LogP contribution < -0.4 is 10.3 Å². The van der Waals surface area contributed by atoms with E-state index in [1.54, 1.807) is 67.2 Å². The van der Waals surface area contributed by atoms with Crippen LogP contribution in [-0.2, 0) is 21.8 Å². The quantitative estimate of drug-likeness (QED) is 0.247. The molecule has 11 heteroatoms. The van der Waals surface area contributed by atoms with Crippen molar-refractivity contribution in [2.45, 2.75) is 11.8 Å². The van der Waals surface area contributed by atoms with Gasteiger partial charge in [-0.25, -0.2) is 17.9 Å². The summed E-state index contributed by atoms with van der Waals surface area (Å²) in [6, 6.07) is 20.6. The highest BCUT2D eigenvalue weighted by Gasteiger charge is 2.23. The smallest absolute Gasteiger partial charge is 0.338 e. The molecule has 0 aliphatic carbocycles. The number of aromatic nitrogens is 2. The number of anilines is 1. The number of hydrogen-bond donors (Lipinski definition) is 1. The molecule has 0 radical (unpaired) electrons. The van der Waals surface area contributed by atoms with Gasteiger partial charge >= 0.3 is 5.97 Å². The lowest BCUT2D eigenvalue weighted by molar-refractivity contribution is 0.0474. The van der Waals surface area contributed by atoms with Crippen LogP contribution in [0.4, 0.5) is 5.69 Å². The van der Waals surface area contributed by atoms with Crippen molar-refractivity contribution >= 4 is 43.4 Å². The van der Waals surface area contributed by atoms with E-state index in [1.165, 1.54) is 22.9 Å². The average Bonchev–Trinajstić information content (AvgIpc) is 3.10. The fourth-order valence-corrected chi connectivity index (χ4v) is 5.03. The molecule has 37 heavy (non-hydrogen) atoms. The van der Waals surface area contributed by atoms with Crippen LogP contribution in [0.5, 0.6) is 0 Å². The SMILES string of the molecule is Cc1c(NS(=O)(=O)c2cccc(C(=O)OCC(=O)c3ccc(Br)cc3)c2)c(=O)n(-c2ccccc2)n1C. The Labute approximate surface area is 221 Å². The van der Waals surface area contributed by atoms with Crippen molar-refractivity contribution in [1.29, 1.82) is 0 Å². The number of hydrogen-bond acceptors (Lipinski definition) is 6. The number of rotatable bonds is 8. The van der Waals surface area contributed by atoms with Crippen LogP contribution in [0, 0.1) is 6.92 Å². The molecular weight excluding hydrogens is 562 g/mol. The molecule has 9 nitrogen and oxygen atoms in total. The highest BCUT2D eigenvalue weighted by molar-refractivity contribution is 9.10. The molecule has 4 aromatic rings. The highest BCUT2D eigenvalue weighted by Crippen LogP contribution is 2.20. The van der Waals surface area contributed by atoms with Crippen molar-refractivity contribution in [2.24, 2.45) is 7.05 Å². The topological polar surface area (TPSA) is 116 Å². The van der Waals surface area contributed by atoms with E-state index in [0.29, 0.717) is 16.9 Å². The summed E-state index contributed by atoms with van der Waals surface area (Å²) in [6.07, 6.45) is 0.